The van der Waals surface area contributed by atoms with Crippen molar-refractivity contribution in [3.8, 4) is 0 Å². The van der Waals surface area contributed by atoms with Crippen molar-refractivity contribution in [1.82, 2.24) is 4.98 Å². The molecule has 0 spiro atoms. The van der Waals surface area contributed by atoms with Crippen LogP contribution in [-0.4, -0.2) is 19.7 Å². The summed E-state index contributed by atoms with van der Waals surface area (Å²) in [7, 11) is -3.16. The maximum absolute atomic E-state index is 11.4. The van der Waals surface area contributed by atoms with E-state index in [1.165, 1.54) is 6.26 Å². The summed E-state index contributed by atoms with van der Waals surface area (Å²) in [6, 6.07) is 10.4. The molecule has 2 aromatic rings. The second kappa shape index (κ2) is 5.81. The number of anilines is 1. The van der Waals surface area contributed by atoms with Gasteiger partial charge in [0.25, 0.3) is 0 Å². The molecule has 1 unspecified atom stereocenters. The zero-order chi connectivity index (χ0) is 14.8. The van der Waals surface area contributed by atoms with E-state index in [-0.39, 0.29) is 6.04 Å². The summed E-state index contributed by atoms with van der Waals surface area (Å²) in [6.07, 6.45) is 2.77. The molecular weight excluding hydrogens is 296 g/mol. The van der Waals surface area contributed by atoms with E-state index >= 15 is 0 Å². The normalized spacial score (nSPS) is 12.9. The maximum Gasteiger partial charge on any atom is 0.175 e. The first-order chi connectivity index (χ1) is 9.36. The van der Waals surface area contributed by atoms with E-state index in [0.717, 1.165) is 5.56 Å². The van der Waals surface area contributed by atoms with Crippen molar-refractivity contribution in [2.75, 3.05) is 11.6 Å². The highest BCUT2D eigenvalue weighted by atomic mass is 35.5. The maximum atomic E-state index is 11.4. The van der Waals surface area contributed by atoms with Gasteiger partial charge in [-0.05, 0) is 36.8 Å². The first-order valence-corrected chi connectivity index (χ1v) is 8.31. The highest BCUT2D eigenvalue weighted by Crippen LogP contribution is 2.20. The number of halogens is 1. The fourth-order valence-corrected chi connectivity index (χ4v) is 2.51. The Morgan fingerprint density at radius 1 is 1.15 bits per heavy atom. The fraction of sp³-hybridized carbons (Fsp3) is 0.214. The third-order valence-corrected chi connectivity index (χ3v) is 4.25. The minimum Gasteiger partial charge on any atom is -0.364 e. The van der Waals surface area contributed by atoms with Crippen molar-refractivity contribution in [2.45, 2.75) is 17.9 Å². The minimum absolute atomic E-state index is 0.0114. The third kappa shape index (κ3) is 3.71. The number of nitrogens with one attached hydrogen (secondary N) is 1. The summed E-state index contributed by atoms with van der Waals surface area (Å²) in [5.41, 5.74) is 0.981. The number of rotatable bonds is 4. The van der Waals surface area contributed by atoms with Gasteiger partial charge in [0.15, 0.2) is 9.84 Å². The van der Waals surface area contributed by atoms with Crippen LogP contribution >= 0.6 is 11.6 Å². The van der Waals surface area contributed by atoms with Gasteiger partial charge in [0, 0.05) is 18.5 Å². The molecule has 1 N–H and O–H groups in total. The van der Waals surface area contributed by atoms with Crippen molar-refractivity contribution in [1.29, 1.82) is 0 Å². The van der Waals surface area contributed by atoms with Crippen molar-refractivity contribution >= 4 is 27.3 Å². The molecule has 0 aliphatic rings. The van der Waals surface area contributed by atoms with Gasteiger partial charge < -0.3 is 5.32 Å². The van der Waals surface area contributed by atoms with Gasteiger partial charge in [-0.25, -0.2) is 13.4 Å². The molecule has 1 aromatic carbocycles. The van der Waals surface area contributed by atoms with Crippen LogP contribution in [0.1, 0.15) is 18.5 Å². The van der Waals surface area contributed by atoms with Gasteiger partial charge >= 0.3 is 0 Å². The van der Waals surface area contributed by atoms with Crippen molar-refractivity contribution < 1.29 is 8.42 Å². The molecule has 0 amide bonds. The fourth-order valence-electron chi connectivity index (χ4n) is 1.77. The zero-order valence-electron chi connectivity index (χ0n) is 11.2. The molecule has 0 fully saturated rings. The monoisotopic (exact) mass is 310 g/mol. The smallest absolute Gasteiger partial charge is 0.175 e. The van der Waals surface area contributed by atoms with Gasteiger partial charge in [0.2, 0.25) is 0 Å². The Morgan fingerprint density at radius 2 is 1.80 bits per heavy atom. The van der Waals surface area contributed by atoms with Crippen LogP contribution in [0.25, 0.3) is 0 Å². The van der Waals surface area contributed by atoms with Gasteiger partial charge in [0.05, 0.1) is 9.92 Å². The molecule has 0 saturated heterocycles. The Hall–Kier alpha value is -1.59. The molecule has 1 atom stereocenters. The van der Waals surface area contributed by atoms with Crippen LogP contribution in [0.4, 0.5) is 5.82 Å². The molecule has 0 bridgehead atoms. The molecule has 106 valence electrons. The average molecular weight is 311 g/mol. The summed E-state index contributed by atoms with van der Waals surface area (Å²) < 4.78 is 22.8. The van der Waals surface area contributed by atoms with Gasteiger partial charge in [-0.3, -0.25) is 0 Å². The van der Waals surface area contributed by atoms with Crippen LogP contribution in [-0.2, 0) is 9.84 Å². The van der Waals surface area contributed by atoms with Crippen LogP contribution in [0.15, 0.2) is 47.5 Å². The average Bonchev–Trinajstić information content (AvgIpc) is 2.40. The number of aromatic nitrogens is 1. The second-order valence-corrected chi connectivity index (χ2v) is 7.02. The Balaban J connectivity index is 2.13. The molecule has 6 heteroatoms. The van der Waals surface area contributed by atoms with E-state index in [1.807, 2.05) is 6.92 Å². The van der Waals surface area contributed by atoms with Gasteiger partial charge in [0.1, 0.15) is 5.82 Å². The van der Waals surface area contributed by atoms with Crippen molar-refractivity contribution in [2.24, 2.45) is 0 Å². The number of pyridine rings is 1. The summed E-state index contributed by atoms with van der Waals surface area (Å²) in [6.45, 7) is 1.98. The van der Waals surface area contributed by atoms with Gasteiger partial charge in [-0.2, -0.15) is 0 Å². The highest BCUT2D eigenvalue weighted by molar-refractivity contribution is 7.90. The standard InChI is InChI=1S/C14H15ClN2O2S/c1-10(17-14-8-5-12(15)9-16-14)11-3-6-13(7-4-11)20(2,18)19/h3-10H,1-2H3,(H,16,17). The van der Waals surface area contributed by atoms with Crippen molar-refractivity contribution in [3.05, 3.63) is 53.2 Å². The number of hydrogen-bond acceptors (Lipinski definition) is 4. The lowest BCUT2D eigenvalue weighted by Crippen LogP contribution is -2.08. The Kier molecular flexibility index (Phi) is 4.30. The number of benzene rings is 1. The zero-order valence-corrected chi connectivity index (χ0v) is 12.7. The van der Waals surface area contributed by atoms with E-state index in [0.29, 0.717) is 15.7 Å². The number of hydrogen-bond donors (Lipinski definition) is 1. The quantitative estimate of drug-likeness (QED) is 0.941. The summed E-state index contributed by atoms with van der Waals surface area (Å²) in [4.78, 5) is 4.48. The highest BCUT2D eigenvalue weighted by Gasteiger charge is 2.09. The van der Waals surface area contributed by atoms with E-state index in [9.17, 15) is 8.42 Å². The lowest BCUT2D eigenvalue weighted by Gasteiger charge is -2.15. The van der Waals surface area contributed by atoms with Crippen LogP contribution in [0.2, 0.25) is 5.02 Å². The lowest BCUT2D eigenvalue weighted by atomic mass is 10.1. The first kappa shape index (κ1) is 14.8. The molecule has 0 radical (unpaired) electrons. The minimum atomic E-state index is -3.16. The van der Waals surface area contributed by atoms with Crippen LogP contribution < -0.4 is 5.32 Å². The molecule has 1 aromatic heterocycles. The SMILES string of the molecule is CC(Nc1ccc(Cl)cn1)c1ccc(S(C)(=O)=O)cc1. The van der Waals surface area contributed by atoms with Gasteiger partial charge in [-0.15, -0.1) is 0 Å². The largest absolute Gasteiger partial charge is 0.364 e. The summed E-state index contributed by atoms with van der Waals surface area (Å²) >= 11 is 5.78. The molecule has 4 nitrogen and oxygen atoms in total. The lowest BCUT2D eigenvalue weighted by molar-refractivity contribution is 0.602. The molecule has 0 aliphatic heterocycles. The van der Waals surface area contributed by atoms with Crippen LogP contribution in [0.3, 0.4) is 0 Å². The van der Waals surface area contributed by atoms with E-state index in [2.05, 4.69) is 10.3 Å². The Labute approximate surface area is 123 Å². The third-order valence-electron chi connectivity index (χ3n) is 2.90. The van der Waals surface area contributed by atoms with Crippen molar-refractivity contribution in [3.63, 3.8) is 0 Å². The molecule has 2 rings (SSSR count). The molecule has 0 aliphatic carbocycles. The Morgan fingerprint density at radius 3 is 2.30 bits per heavy atom. The van der Waals surface area contributed by atoms with Gasteiger partial charge in [-0.1, -0.05) is 23.7 Å². The summed E-state index contributed by atoms with van der Waals surface area (Å²) in [5.74, 6) is 0.717. The van der Waals surface area contributed by atoms with E-state index in [1.54, 1.807) is 42.6 Å². The summed E-state index contributed by atoms with van der Waals surface area (Å²) in [5, 5.41) is 3.81. The predicted molar refractivity (Wildman–Crippen MR) is 80.8 cm³/mol. The molecule has 1 heterocycles. The number of nitrogens with zero attached hydrogens (tertiary/aromatic N) is 1. The molecule has 0 saturated carbocycles. The van der Waals surface area contributed by atoms with E-state index in [4.69, 9.17) is 11.6 Å². The topological polar surface area (TPSA) is 59.1 Å². The first-order valence-electron chi connectivity index (χ1n) is 6.04. The van der Waals surface area contributed by atoms with E-state index < -0.39 is 9.84 Å². The predicted octanol–water partition coefficient (Wildman–Crippen LogP) is 3.31. The molecular formula is C14H15ClN2O2S. The van der Waals surface area contributed by atoms with Crippen LogP contribution in [0.5, 0.6) is 0 Å². The Bertz CT molecular complexity index is 682. The molecule has 20 heavy (non-hydrogen) atoms. The number of sulfone groups is 1. The van der Waals surface area contributed by atoms with Crippen LogP contribution in [0, 0.1) is 0 Å². The second-order valence-electron chi connectivity index (χ2n) is 4.57.